The van der Waals surface area contributed by atoms with Gasteiger partial charge in [-0.05, 0) is 55.7 Å². The third-order valence-corrected chi connectivity index (χ3v) is 4.91. The second-order valence-electron chi connectivity index (χ2n) is 6.77. The van der Waals surface area contributed by atoms with Gasteiger partial charge in [0.05, 0.1) is 5.52 Å². The van der Waals surface area contributed by atoms with E-state index in [9.17, 15) is 4.39 Å². The molecule has 0 amide bonds. The fraction of sp³-hybridized carbons (Fsp3) is 0.286. The highest BCUT2D eigenvalue weighted by Gasteiger charge is 2.20. The Hall–Kier alpha value is -2.62. The zero-order chi connectivity index (χ0) is 17.2. The molecule has 128 valence electrons. The largest absolute Gasteiger partial charge is 0.382 e. The van der Waals surface area contributed by atoms with Crippen molar-refractivity contribution in [3.8, 4) is 0 Å². The summed E-state index contributed by atoms with van der Waals surface area (Å²) in [7, 11) is 0. The van der Waals surface area contributed by atoms with Crippen molar-refractivity contribution >= 4 is 22.3 Å². The van der Waals surface area contributed by atoms with Crippen LogP contribution in [0.4, 0.5) is 15.8 Å². The topological polar surface area (TPSA) is 28.2 Å². The van der Waals surface area contributed by atoms with Crippen LogP contribution in [0.2, 0.25) is 0 Å². The molecule has 0 radical (unpaired) electrons. The molecule has 2 aromatic carbocycles. The number of rotatable bonds is 3. The molecular formula is C21H22FN3. The lowest BCUT2D eigenvalue weighted by Gasteiger charge is -2.35. The van der Waals surface area contributed by atoms with E-state index in [1.165, 1.54) is 23.4 Å². The van der Waals surface area contributed by atoms with Gasteiger partial charge in [0, 0.05) is 48.2 Å². The van der Waals surface area contributed by atoms with Gasteiger partial charge in [0.2, 0.25) is 0 Å². The van der Waals surface area contributed by atoms with Crippen LogP contribution in [0.1, 0.15) is 18.4 Å². The normalized spacial score (nSPS) is 15.5. The van der Waals surface area contributed by atoms with Gasteiger partial charge < -0.3 is 10.2 Å². The van der Waals surface area contributed by atoms with Gasteiger partial charge in [0.25, 0.3) is 0 Å². The van der Waals surface area contributed by atoms with Crippen molar-refractivity contribution in [1.82, 2.24) is 4.98 Å². The molecule has 3 aromatic rings. The molecule has 4 heteroatoms. The summed E-state index contributed by atoms with van der Waals surface area (Å²) < 4.78 is 13.4. The van der Waals surface area contributed by atoms with E-state index in [4.69, 9.17) is 0 Å². The minimum atomic E-state index is -0.238. The maximum absolute atomic E-state index is 13.4. The van der Waals surface area contributed by atoms with E-state index >= 15 is 0 Å². The molecule has 0 aliphatic carbocycles. The maximum Gasteiger partial charge on any atom is 0.125 e. The Morgan fingerprint density at radius 1 is 1.08 bits per heavy atom. The highest BCUT2D eigenvalue weighted by atomic mass is 19.1. The molecule has 4 rings (SSSR count). The molecule has 1 saturated heterocycles. The van der Waals surface area contributed by atoms with Crippen molar-refractivity contribution in [3.63, 3.8) is 0 Å². The van der Waals surface area contributed by atoms with Gasteiger partial charge >= 0.3 is 0 Å². The minimum Gasteiger partial charge on any atom is -0.382 e. The summed E-state index contributed by atoms with van der Waals surface area (Å²) >= 11 is 0. The van der Waals surface area contributed by atoms with Crippen molar-refractivity contribution < 1.29 is 4.39 Å². The van der Waals surface area contributed by atoms with Crippen molar-refractivity contribution in [2.45, 2.75) is 25.8 Å². The second-order valence-corrected chi connectivity index (χ2v) is 6.77. The Morgan fingerprint density at radius 3 is 2.72 bits per heavy atom. The summed E-state index contributed by atoms with van der Waals surface area (Å²) in [4.78, 5) is 6.68. The predicted octanol–water partition coefficient (Wildman–Crippen LogP) is 4.76. The number of nitrogens with one attached hydrogen (secondary N) is 1. The molecule has 0 unspecified atom stereocenters. The Kier molecular flexibility index (Phi) is 4.26. The lowest BCUT2D eigenvalue weighted by molar-refractivity contribution is 0.527. The van der Waals surface area contributed by atoms with E-state index in [1.807, 2.05) is 12.1 Å². The second kappa shape index (κ2) is 6.71. The molecule has 1 aromatic heterocycles. The number of aryl methyl sites for hydroxylation is 1. The van der Waals surface area contributed by atoms with Crippen LogP contribution in [0, 0.1) is 12.7 Å². The summed E-state index contributed by atoms with van der Waals surface area (Å²) in [5.41, 5.74) is 4.35. The molecule has 0 saturated carbocycles. The van der Waals surface area contributed by atoms with Gasteiger partial charge in [-0.1, -0.05) is 12.1 Å². The first-order valence-electron chi connectivity index (χ1n) is 8.81. The van der Waals surface area contributed by atoms with Crippen LogP contribution in [-0.4, -0.2) is 24.1 Å². The molecule has 0 spiro atoms. The molecular weight excluding hydrogens is 313 g/mol. The van der Waals surface area contributed by atoms with Gasteiger partial charge in [-0.2, -0.15) is 0 Å². The Labute approximate surface area is 147 Å². The number of benzene rings is 2. The van der Waals surface area contributed by atoms with Crippen LogP contribution in [0.15, 0.2) is 54.7 Å². The fourth-order valence-corrected chi connectivity index (χ4v) is 3.62. The summed E-state index contributed by atoms with van der Waals surface area (Å²) in [6.07, 6.45) is 3.94. The molecule has 1 aliphatic heterocycles. The number of hydrogen-bond acceptors (Lipinski definition) is 3. The lowest BCUT2D eigenvalue weighted by atomic mass is 10.0. The average Bonchev–Trinajstić information content (AvgIpc) is 2.62. The standard InChI is InChI=1S/C21H22FN3/c1-15-3-2-4-18(13-15)24-17-8-11-25(12-9-17)21-7-10-23-20-14-16(22)5-6-19(20)21/h2-7,10,13-14,17,24H,8-9,11-12H2,1H3. The number of fused-ring (bicyclic) bond motifs is 1. The number of piperidine rings is 1. The van der Waals surface area contributed by atoms with Crippen LogP contribution in [0.5, 0.6) is 0 Å². The highest BCUT2D eigenvalue weighted by molar-refractivity contribution is 5.91. The third kappa shape index (κ3) is 3.43. The van der Waals surface area contributed by atoms with Crippen molar-refractivity contribution in [1.29, 1.82) is 0 Å². The van der Waals surface area contributed by atoms with Gasteiger partial charge in [0.1, 0.15) is 5.82 Å². The highest BCUT2D eigenvalue weighted by Crippen LogP contribution is 2.29. The van der Waals surface area contributed by atoms with Crippen LogP contribution in [0.25, 0.3) is 10.9 Å². The summed E-state index contributed by atoms with van der Waals surface area (Å²) in [5, 5.41) is 4.67. The van der Waals surface area contributed by atoms with E-state index in [-0.39, 0.29) is 5.82 Å². The van der Waals surface area contributed by atoms with E-state index < -0.39 is 0 Å². The number of halogens is 1. The lowest BCUT2D eigenvalue weighted by Crippen LogP contribution is -2.39. The molecule has 3 nitrogen and oxygen atoms in total. The Morgan fingerprint density at radius 2 is 1.92 bits per heavy atom. The smallest absolute Gasteiger partial charge is 0.125 e. The number of hydrogen-bond donors (Lipinski definition) is 1. The zero-order valence-corrected chi connectivity index (χ0v) is 14.4. The van der Waals surface area contributed by atoms with Crippen molar-refractivity contribution in [3.05, 3.63) is 66.1 Å². The van der Waals surface area contributed by atoms with Crippen LogP contribution in [0.3, 0.4) is 0 Å². The summed E-state index contributed by atoms with van der Waals surface area (Å²) in [6, 6.07) is 15.9. The van der Waals surface area contributed by atoms with Gasteiger partial charge in [-0.25, -0.2) is 4.39 Å². The Bertz CT molecular complexity index is 885. The molecule has 2 heterocycles. The molecule has 1 fully saturated rings. The van der Waals surface area contributed by atoms with E-state index in [0.717, 1.165) is 42.5 Å². The zero-order valence-electron chi connectivity index (χ0n) is 14.4. The summed E-state index contributed by atoms with van der Waals surface area (Å²) in [5.74, 6) is -0.238. The van der Waals surface area contributed by atoms with Crippen LogP contribution in [-0.2, 0) is 0 Å². The Balaban J connectivity index is 1.47. The molecule has 0 bridgehead atoms. The number of pyridine rings is 1. The fourth-order valence-electron chi connectivity index (χ4n) is 3.62. The number of aromatic nitrogens is 1. The van der Waals surface area contributed by atoms with Gasteiger partial charge in [0.15, 0.2) is 0 Å². The maximum atomic E-state index is 13.4. The van der Waals surface area contributed by atoms with Gasteiger partial charge in [-0.3, -0.25) is 4.98 Å². The van der Waals surface area contributed by atoms with E-state index in [2.05, 4.69) is 46.4 Å². The van der Waals surface area contributed by atoms with Gasteiger partial charge in [-0.15, -0.1) is 0 Å². The predicted molar refractivity (Wildman–Crippen MR) is 102 cm³/mol. The molecule has 1 N–H and O–H groups in total. The van der Waals surface area contributed by atoms with Crippen LogP contribution < -0.4 is 10.2 Å². The molecule has 25 heavy (non-hydrogen) atoms. The minimum absolute atomic E-state index is 0.238. The molecule has 0 atom stereocenters. The summed E-state index contributed by atoms with van der Waals surface area (Å²) in [6.45, 7) is 4.09. The van der Waals surface area contributed by atoms with E-state index in [0.29, 0.717) is 6.04 Å². The average molecular weight is 335 g/mol. The quantitative estimate of drug-likeness (QED) is 0.748. The van der Waals surface area contributed by atoms with E-state index in [1.54, 1.807) is 6.20 Å². The first kappa shape index (κ1) is 15.9. The number of anilines is 2. The SMILES string of the molecule is Cc1cccc(NC2CCN(c3ccnc4cc(F)ccc34)CC2)c1. The number of nitrogens with zero attached hydrogens (tertiary/aromatic N) is 2. The van der Waals surface area contributed by atoms with Crippen molar-refractivity contribution in [2.75, 3.05) is 23.3 Å². The van der Waals surface area contributed by atoms with Crippen molar-refractivity contribution in [2.24, 2.45) is 0 Å². The first-order chi connectivity index (χ1) is 12.2. The third-order valence-electron chi connectivity index (χ3n) is 4.91. The monoisotopic (exact) mass is 335 g/mol. The molecule has 1 aliphatic rings. The van der Waals surface area contributed by atoms with Crippen LogP contribution >= 0.6 is 0 Å². The first-order valence-corrected chi connectivity index (χ1v) is 8.81.